The SMILES string of the molecule is CC(C)COC(=O)c1ccc(OC(=O)c2ccc(Cl)cc2)cc1. The predicted molar refractivity (Wildman–Crippen MR) is 88.0 cm³/mol. The third kappa shape index (κ3) is 5.11. The van der Waals surface area contributed by atoms with Crippen LogP contribution in [0.4, 0.5) is 0 Å². The van der Waals surface area contributed by atoms with Gasteiger partial charge in [-0.15, -0.1) is 0 Å². The van der Waals surface area contributed by atoms with Crippen LogP contribution in [0.3, 0.4) is 0 Å². The van der Waals surface area contributed by atoms with Crippen molar-refractivity contribution in [3.63, 3.8) is 0 Å². The van der Waals surface area contributed by atoms with Gasteiger partial charge < -0.3 is 9.47 Å². The number of ether oxygens (including phenoxy) is 2. The van der Waals surface area contributed by atoms with Crippen molar-refractivity contribution >= 4 is 23.5 Å². The van der Waals surface area contributed by atoms with Crippen LogP contribution in [-0.4, -0.2) is 18.5 Å². The highest BCUT2D eigenvalue weighted by Crippen LogP contribution is 2.16. The maximum absolute atomic E-state index is 12.0. The number of benzene rings is 2. The molecule has 0 aliphatic rings. The lowest BCUT2D eigenvalue weighted by molar-refractivity contribution is 0.0459. The van der Waals surface area contributed by atoms with Crippen molar-refractivity contribution in [3.8, 4) is 5.75 Å². The number of halogens is 1. The van der Waals surface area contributed by atoms with Crippen molar-refractivity contribution in [1.29, 1.82) is 0 Å². The van der Waals surface area contributed by atoms with Crippen LogP contribution in [0.25, 0.3) is 0 Å². The highest BCUT2D eigenvalue weighted by molar-refractivity contribution is 6.30. The summed E-state index contributed by atoms with van der Waals surface area (Å²) in [5, 5.41) is 0.547. The summed E-state index contributed by atoms with van der Waals surface area (Å²) in [4.78, 5) is 23.8. The summed E-state index contributed by atoms with van der Waals surface area (Å²) in [7, 11) is 0. The standard InChI is InChI=1S/C18H17ClO4/c1-12(2)11-22-17(20)13-5-9-16(10-6-13)23-18(21)14-3-7-15(19)8-4-14/h3-10,12H,11H2,1-2H3. The lowest BCUT2D eigenvalue weighted by Gasteiger charge is -2.08. The first-order valence-electron chi connectivity index (χ1n) is 7.20. The number of carbonyl (C=O) groups is 2. The minimum atomic E-state index is -0.489. The number of carbonyl (C=O) groups excluding carboxylic acids is 2. The van der Waals surface area contributed by atoms with Gasteiger partial charge in [-0.05, 0) is 54.4 Å². The van der Waals surface area contributed by atoms with Crippen molar-refractivity contribution in [2.24, 2.45) is 5.92 Å². The smallest absolute Gasteiger partial charge is 0.343 e. The van der Waals surface area contributed by atoms with Gasteiger partial charge in [0, 0.05) is 5.02 Å². The van der Waals surface area contributed by atoms with Crippen LogP contribution < -0.4 is 4.74 Å². The molecule has 0 aliphatic heterocycles. The summed E-state index contributed by atoms with van der Waals surface area (Å²) in [6, 6.07) is 12.6. The highest BCUT2D eigenvalue weighted by atomic mass is 35.5. The normalized spacial score (nSPS) is 10.4. The van der Waals surface area contributed by atoms with Crippen LogP contribution in [0.5, 0.6) is 5.75 Å². The molecule has 0 spiro atoms. The minimum Gasteiger partial charge on any atom is -0.462 e. The second kappa shape index (κ2) is 7.79. The van der Waals surface area contributed by atoms with E-state index in [0.717, 1.165) is 0 Å². The van der Waals surface area contributed by atoms with Crippen LogP contribution in [0.15, 0.2) is 48.5 Å². The molecule has 0 radical (unpaired) electrons. The van der Waals surface area contributed by atoms with E-state index in [9.17, 15) is 9.59 Å². The van der Waals surface area contributed by atoms with Gasteiger partial charge in [0.15, 0.2) is 0 Å². The molecule has 0 unspecified atom stereocenters. The highest BCUT2D eigenvalue weighted by Gasteiger charge is 2.11. The molecule has 5 heteroatoms. The zero-order chi connectivity index (χ0) is 16.8. The Morgan fingerprint density at radius 3 is 2.00 bits per heavy atom. The van der Waals surface area contributed by atoms with Crippen molar-refractivity contribution < 1.29 is 19.1 Å². The van der Waals surface area contributed by atoms with E-state index in [4.69, 9.17) is 21.1 Å². The van der Waals surface area contributed by atoms with E-state index in [2.05, 4.69) is 0 Å². The second-order valence-electron chi connectivity index (χ2n) is 5.41. The Kier molecular flexibility index (Phi) is 5.77. The van der Waals surface area contributed by atoms with Crippen LogP contribution >= 0.6 is 11.6 Å². The molecule has 0 fully saturated rings. The molecular weight excluding hydrogens is 316 g/mol. The Bertz CT molecular complexity index is 675. The molecule has 23 heavy (non-hydrogen) atoms. The van der Waals surface area contributed by atoms with Gasteiger partial charge in [0.05, 0.1) is 17.7 Å². The first kappa shape index (κ1) is 17.0. The average Bonchev–Trinajstić information content (AvgIpc) is 2.54. The largest absolute Gasteiger partial charge is 0.462 e. The van der Waals surface area contributed by atoms with Gasteiger partial charge >= 0.3 is 11.9 Å². The van der Waals surface area contributed by atoms with Gasteiger partial charge in [0.25, 0.3) is 0 Å². The molecule has 120 valence electrons. The molecule has 2 rings (SSSR count). The fraction of sp³-hybridized carbons (Fsp3) is 0.222. The third-order valence-corrected chi connectivity index (χ3v) is 3.18. The summed E-state index contributed by atoms with van der Waals surface area (Å²) in [6.45, 7) is 4.30. The number of hydrogen-bond donors (Lipinski definition) is 0. The van der Waals surface area contributed by atoms with E-state index in [1.165, 1.54) is 0 Å². The van der Waals surface area contributed by atoms with E-state index in [0.29, 0.717) is 28.5 Å². The van der Waals surface area contributed by atoms with Gasteiger partial charge in [0.1, 0.15) is 5.75 Å². The Morgan fingerprint density at radius 1 is 0.913 bits per heavy atom. The molecule has 2 aromatic rings. The molecule has 2 aromatic carbocycles. The molecule has 0 N–H and O–H groups in total. The van der Waals surface area contributed by atoms with Crippen molar-refractivity contribution in [2.45, 2.75) is 13.8 Å². The molecule has 0 heterocycles. The van der Waals surface area contributed by atoms with Crippen LogP contribution in [-0.2, 0) is 4.74 Å². The summed E-state index contributed by atoms with van der Waals surface area (Å²) in [5.74, 6) is -0.255. The third-order valence-electron chi connectivity index (χ3n) is 2.93. The lowest BCUT2D eigenvalue weighted by atomic mass is 10.2. The van der Waals surface area contributed by atoms with Crippen LogP contribution in [0.2, 0.25) is 5.02 Å². The van der Waals surface area contributed by atoms with E-state index in [1.807, 2.05) is 13.8 Å². The molecule has 0 saturated carbocycles. The van der Waals surface area contributed by atoms with Crippen molar-refractivity contribution in [2.75, 3.05) is 6.61 Å². The minimum absolute atomic E-state index is 0.276. The maximum Gasteiger partial charge on any atom is 0.343 e. The Hall–Kier alpha value is -2.33. The number of rotatable bonds is 5. The zero-order valence-electron chi connectivity index (χ0n) is 12.9. The van der Waals surface area contributed by atoms with Gasteiger partial charge in [-0.3, -0.25) is 0 Å². The monoisotopic (exact) mass is 332 g/mol. The number of hydrogen-bond acceptors (Lipinski definition) is 4. The van der Waals surface area contributed by atoms with Gasteiger partial charge in [-0.2, -0.15) is 0 Å². The molecule has 0 aromatic heterocycles. The fourth-order valence-corrected chi connectivity index (χ4v) is 1.86. The summed E-state index contributed by atoms with van der Waals surface area (Å²) in [6.07, 6.45) is 0. The van der Waals surface area contributed by atoms with Crippen molar-refractivity contribution in [1.82, 2.24) is 0 Å². The molecular formula is C18H17ClO4. The van der Waals surface area contributed by atoms with E-state index < -0.39 is 11.9 Å². The lowest BCUT2D eigenvalue weighted by Crippen LogP contribution is -2.11. The average molecular weight is 333 g/mol. The maximum atomic E-state index is 12.0. The van der Waals surface area contributed by atoms with Gasteiger partial charge in [0.2, 0.25) is 0 Å². The molecule has 0 aliphatic carbocycles. The second-order valence-corrected chi connectivity index (χ2v) is 5.85. The molecule has 0 atom stereocenters. The fourth-order valence-electron chi connectivity index (χ4n) is 1.74. The predicted octanol–water partition coefficient (Wildman–Crippen LogP) is 4.37. The number of esters is 2. The first-order chi connectivity index (χ1) is 11.0. The van der Waals surface area contributed by atoms with Gasteiger partial charge in [-0.1, -0.05) is 25.4 Å². The summed E-state index contributed by atoms with van der Waals surface area (Å²) in [5.41, 5.74) is 0.812. The summed E-state index contributed by atoms with van der Waals surface area (Å²) >= 11 is 5.77. The van der Waals surface area contributed by atoms with Crippen LogP contribution in [0, 0.1) is 5.92 Å². The van der Waals surface area contributed by atoms with Gasteiger partial charge in [-0.25, -0.2) is 9.59 Å². The summed E-state index contributed by atoms with van der Waals surface area (Å²) < 4.78 is 10.4. The quantitative estimate of drug-likeness (QED) is 0.602. The topological polar surface area (TPSA) is 52.6 Å². The Labute approximate surface area is 140 Å². The molecule has 0 saturated heterocycles. The van der Waals surface area contributed by atoms with E-state index in [1.54, 1.807) is 48.5 Å². The zero-order valence-corrected chi connectivity index (χ0v) is 13.7. The molecule has 0 bridgehead atoms. The van der Waals surface area contributed by atoms with Crippen LogP contribution in [0.1, 0.15) is 34.6 Å². The van der Waals surface area contributed by atoms with Crippen molar-refractivity contribution in [3.05, 3.63) is 64.7 Å². The Morgan fingerprint density at radius 2 is 1.43 bits per heavy atom. The molecule has 4 nitrogen and oxygen atoms in total. The van der Waals surface area contributed by atoms with E-state index >= 15 is 0 Å². The first-order valence-corrected chi connectivity index (χ1v) is 7.58. The van der Waals surface area contributed by atoms with E-state index in [-0.39, 0.29) is 5.92 Å². The Balaban J connectivity index is 1.98. The molecule has 0 amide bonds.